The van der Waals surface area contributed by atoms with Gasteiger partial charge in [-0.05, 0) is 24.3 Å². The number of para-hydroxylation sites is 1. The molecule has 0 aliphatic heterocycles. The van der Waals surface area contributed by atoms with Crippen molar-refractivity contribution in [3.63, 3.8) is 0 Å². The normalized spacial score (nSPS) is 10.2. The molecular weight excluding hydrogens is 188 g/mol. The van der Waals surface area contributed by atoms with Gasteiger partial charge < -0.3 is 10.3 Å². The molecular formula is C12H12N2O. The third kappa shape index (κ3) is 1.82. The standard InChI is InChI=1S/C12H12N2O/c13-9-12(15)10-5-1-2-6-11(10)14-7-3-4-8-14/h1-8H,9,13H2. The summed E-state index contributed by atoms with van der Waals surface area (Å²) in [5, 5.41) is 0. The van der Waals surface area contributed by atoms with Crippen molar-refractivity contribution in [3.05, 3.63) is 54.4 Å². The lowest BCUT2D eigenvalue weighted by Gasteiger charge is -2.08. The van der Waals surface area contributed by atoms with Crippen molar-refractivity contribution in [2.75, 3.05) is 6.54 Å². The Morgan fingerprint density at radius 3 is 2.47 bits per heavy atom. The van der Waals surface area contributed by atoms with Crippen LogP contribution in [0.15, 0.2) is 48.8 Å². The molecule has 2 rings (SSSR count). The smallest absolute Gasteiger partial charge is 0.178 e. The molecule has 0 fully saturated rings. The molecule has 0 unspecified atom stereocenters. The zero-order chi connectivity index (χ0) is 10.7. The Morgan fingerprint density at radius 2 is 1.80 bits per heavy atom. The third-order valence-corrected chi connectivity index (χ3v) is 2.27. The Bertz CT molecular complexity index is 460. The molecule has 0 radical (unpaired) electrons. The van der Waals surface area contributed by atoms with E-state index in [-0.39, 0.29) is 12.3 Å². The molecule has 1 heterocycles. The second-order valence-electron chi connectivity index (χ2n) is 3.23. The zero-order valence-corrected chi connectivity index (χ0v) is 8.26. The highest BCUT2D eigenvalue weighted by atomic mass is 16.1. The molecule has 76 valence electrons. The number of carbonyl (C=O) groups is 1. The summed E-state index contributed by atoms with van der Waals surface area (Å²) in [5.74, 6) is -0.0423. The van der Waals surface area contributed by atoms with Gasteiger partial charge in [-0.2, -0.15) is 0 Å². The Kier molecular flexibility index (Phi) is 2.65. The molecule has 2 aromatic rings. The molecule has 3 heteroatoms. The van der Waals surface area contributed by atoms with Crippen LogP contribution in [0.3, 0.4) is 0 Å². The van der Waals surface area contributed by atoms with Crippen molar-refractivity contribution in [1.29, 1.82) is 0 Å². The number of Topliss-reactive ketones (excluding diaryl/α,β-unsaturated/α-hetero) is 1. The van der Waals surface area contributed by atoms with Gasteiger partial charge in [-0.25, -0.2) is 0 Å². The average molecular weight is 200 g/mol. The molecule has 0 spiro atoms. The number of nitrogens with two attached hydrogens (primary N) is 1. The molecule has 0 aliphatic rings. The predicted molar refractivity (Wildman–Crippen MR) is 59.2 cm³/mol. The molecule has 15 heavy (non-hydrogen) atoms. The highest BCUT2D eigenvalue weighted by Gasteiger charge is 2.09. The van der Waals surface area contributed by atoms with Gasteiger partial charge in [-0.3, -0.25) is 4.79 Å². The second kappa shape index (κ2) is 4.11. The van der Waals surface area contributed by atoms with Crippen LogP contribution in [0, 0.1) is 0 Å². The first-order valence-electron chi connectivity index (χ1n) is 4.78. The fraction of sp³-hybridized carbons (Fsp3) is 0.0833. The summed E-state index contributed by atoms with van der Waals surface area (Å²) in [6.45, 7) is 0.0400. The zero-order valence-electron chi connectivity index (χ0n) is 8.26. The van der Waals surface area contributed by atoms with Crippen LogP contribution < -0.4 is 5.73 Å². The number of hydrogen-bond acceptors (Lipinski definition) is 2. The minimum atomic E-state index is -0.0423. The van der Waals surface area contributed by atoms with Crippen LogP contribution >= 0.6 is 0 Å². The summed E-state index contributed by atoms with van der Waals surface area (Å²) in [6, 6.07) is 11.3. The van der Waals surface area contributed by atoms with Crippen molar-refractivity contribution in [1.82, 2.24) is 4.57 Å². The van der Waals surface area contributed by atoms with E-state index in [0.29, 0.717) is 5.56 Å². The van der Waals surface area contributed by atoms with Gasteiger partial charge in [-0.1, -0.05) is 12.1 Å². The number of hydrogen-bond donors (Lipinski definition) is 1. The van der Waals surface area contributed by atoms with Gasteiger partial charge in [0.05, 0.1) is 12.2 Å². The van der Waals surface area contributed by atoms with Crippen molar-refractivity contribution in [3.8, 4) is 5.69 Å². The van der Waals surface area contributed by atoms with Crippen molar-refractivity contribution in [2.24, 2.45) is 5.73 Å². The average Bonchev–Trinajstić information content (AvgIpc) is 2.81. The molecule has 0 amide bonds. The minimum absolute atomic E-state index is 0.0400. The molecule has 0 saturated carbocycles. The fourth-order valence-corrected chi connectivity index (χ4v) is 1.54. The molecule has 2 N–H and O–H groups in total. The highest BCUT2D eigenvalue weighted by molar-refractivity contribution is 6.00. The van der Waals surface area contributed by atoms with Crippen LogP contribution in [-0.4, -0.2) is 16.9 Å². The van der Waals surface area contributed by atoms with Crippen LogP contribution in [-0.2, 0) is 0 Å². The van der Waals surface area contributed by atoms with E-state index in [2.05, 4.69) is 0 Å². The van der Waals surface area contributed by atoms with Gasteiger partial charge in [0.15, 0.2) is 5.78 Å². The van der Waals surface area contributed by atoms with Gasteiger partial charge in [0.1, 0.15) is 0 Å². The lowest BCUT2D eigenvalue weighted by atomic mass is 10.1. The highest BCUT2D eigenvalue weighted by Crippen LogP contribution is 2.14. The number of aromatic nitrogens is 1. The predicted octanol–water partition coefficient (Wildman–Crippen LogP) is 1.62. The van der Waals surface area contributed by atoms with Gasteiger partial charge in [0.2, 0.25) is 0 Å². The number of rotatable bonds is 3. The first-order chi connectivity index (χ1) is 7.33. The monoisotopic (exact) mass is 200 g/mol. The van der Waals surface area contributed by atoms with E-state index in [4.69, 9.17) is 5.73 Å². The number of nitrogens with zero attached hydrogens (tertiary/aromatic N) is 1. The summed E-state index contributed by atoms with van der Waals surface area (Å²) >= 11 is 0. The first-order valence-corrected chi connectivity index (χ1v) is 4.78. The lowest BCUT2D eigenvalue weighted by Crippen LogP contribution is -2.15. The SMILES string of the molecule is NCC(=O)c1ccccc1-n1cccc1. The Labute approximate surface area is 88.1 Å². The van der Waals surface area contributed by atoms with Crippen molar-refractivity contribution in [2.45, 2.75) is 0 Å². The Morgan fingerprint density at radius 1 is 1.13 bits per heavy atom. The molecule has 0 bridgehead atoms. The number of ketones is 1. The second-order valence-corrected chi connectivity index (χ2v) is 3.23. The first kappa shape index (κ1) is 9.68. The molecule has 0 atom stereocenters. The van der Waals surface area contributed by atoms with Crippen molar-refractivity contribution < 1.29 is 4.79 Å². The minimum Gasteiger partial charge on any atom is -0.324 e. The van der Waals surface area contributed by atoms with Crippen LogP contribution in [0.4, 0.5) is 0 Å². The van der Waals surface area contributed by atoms with Gasteiger partial charge >= 0.3 is 0 Å². The summed E-state index contributed by atoms with van der Waals surface area (Å²) in [5.41, 5.74) is 6.90. The van der Waals surface area contributed by atoms with Gasteiger partial charge in [0, 0.05) is 18.0 Å². The van der Waals surface area contributed by atoms with Gasteiger partial charge in [0.25, 0.3) is 0 Å². The van der Waals surface area contributed by atoms with E-state index >= 15 is 0 Å². The van der Waals surface area contributed by atoms with E-state index in [9.17, 15) is 4.79 Å². The number of carbonyl (C=O) groups excluding carboxylic acids is 1. The van der Waals surface area contributed by atoms with E-state index in [0.717, 1.165) is 5.69 Å². The van der Waals surface area contributed by atoms with Crippen LogP contribution in [0.2, 0.25) is 0 Å². The summed E-state index contributed by atoms with van der Waals surface area (Å²) < 4.78 is 1.91. The Hall–Kier alpha value is -1.87. The summed E-state index contributed by atoms with van der Waals surface area (Å²) in [4.78, 5) is 11.6. The van der Waals surface area contributed by atoms with E-state index in [1.165, 1.54) is 0 Å². The summed E-state index contributed by atoms with van der Waals surface area (Å²) in [7, 11) is 0. The topological polar surface area (TPSA) is 48.0 Å². The van der Waals surface area contributed by atoms with E-state index in [1.807, 2.05) is 47.3 Å². The molecule has 1 aromatic carbocycles. The van der Waals surface area contributed by atoms with Gasteiger partial charge in [-0.15, -0.1) is 0 Å². The summed E-state index contributed by atoms with van der Waals surface area (Å²) in [6.07, 6.45) is 3.81. The largest absolute Gasteiger partial charge is 0.324 e. The third-order valence-electron chi connectivity index (χ3n) is 2.27. The maximum atomic E-state index is 11.6. The fourth-order valence-electron chi connectivity index (χ4n) is 1.54. The van der Waals surface area contributed by atoms with E-state index < -0.39 is 0 Å². The Balaban J connectivity index is 2.52. The maximum absolute atomic E-state index is 11.6. The maximum Gasteiger partial charge on any atom is 0.178 e. The molecule has 0 aliphatic carbocycles. The molecule has 3 nitrogen and oxygen atoms in total. The van der Waals surface area contributed by atoms with Crippen LogP contribution in [0.25, 0.3) is 5.69 Å². The molecule has 0 saturated heterocycles. The number of benzene rings is 1. The molecule has 1 aromatic heterocycles. The van der Waals surface area contributed by atoms with E-state index in [1.54, 1.807) is 6.07 Å². The van der Waals surface area contributed by atoms with Crippen LogP contribution in [0.5, 0.6) is 0 Å². The quantitative estimate of drug-likeness (QED) is 0.765. The van der Waals surface area contributed by atoms with Crippen molar-refractivity contribution >= 4 is 5.78 Å². The lowest BCUT2D eigenvalue weighted by molar-refractivity contribution is 0.100. The van der Waals surface area contributed by atoms with Crippen LogP contribution in [0.1, 0.15) is 10.4 Å².